The summed E-state index contributed by atoms with van der Waals surface area (Å²) >= 11 is 4.73. The summed E-state index contributed by atoms with van der Waals surface area (Å²) in [5.41, 5.74) is 6.46. The number of nitrogens with one attached hydrogen (secondary N) is 1. The lowest BCUT2D eigenvalue weighted by atomic mass is 10.1. The smallest absolute Gasteiger partial charge is 0.242 e. The van der Waals surface area contributed by atoms with Gasteiger partial charge in [0.15, 0.2) is 0 Å². The summed E-state index contributed by atoms with van der Waals surface area (Å²) in [6.45, 7) is 2.03. The Balaban J connectivity index is 2.24. The highest BCUT2D eigenvalue weighted by Crippen LogP contribution is 2.24. The molecule has 7 heteroatoms. The molecule has 0 saturated carbocycles. The van der Waals surface area contributed by atoms with E-state index in [1.54, 1.807) is 11.4 Å². The maximum Gasteiger partial charge on any atom is 0.242 e. The van der Waals surface area contributed by atoms with Crippen molar-refractivity contribution in [3.63, 3.8) is 0 Å². The van der Waals surface area contributed by atoms with Gasteiger partial charge < -0.3 is 5.73 Å². The minimum Gasteiger partial charge on any atom is -0.326 e. The zero-order valence-corrected chi connectivity index (χ0v) is 14.1. The Kier molecular flexibility index (Phi) is 4.98. The number of hydrogen-bond acceptors (Lipinski definition) is 4. The summed E-state index contributed by atoms with van der Waals surface area (Å²) in [6.07, 6.45) is 0. The second-order valence-corrected chi connectivity index (χ2v) is 7.91. The molecule has 3 N–H and O–H groups in total. The molecule has 20 heavy (non-hydrogen) atoms. The van der Waals surface area contributed by atoms with Crippen LogP contribution in [0.15, 0.2) is 45.1 Å². The molecule has 0 fully saturated rings. The molecule has 0 aliphatic rings. The van der Waals surface area contributed by atoms with E-state index in [1.165, 1.54) is 11.3 Å². The molecule has 108 valence electrons. The van der Waals surface area contributed by atoms with Crippen molar-refractivity contribution in [2.24, 2.45) is 5.73 Å². The van der Waals surface area contributed by atoms with Gasteiger partial charge in [-0.1, -0.05) is 28.1 Å². The number of hydrogen-bond donors (Lipinski definition) is 2. The molecule has 1 unspecified atom stereocenters. The summed E-state index contributed by atoms with van der Waals surface area (Å²) in [5, 5.41) is 1.74. The van der Waals surface area contributed by atoms with Crippen LogP contribution in [-0.4, -0.2) is 8.42 Å². The average molecular weight is 375 g/mol. The van der Waals surface area contributed by atoms with Crippen molar-refractivity contribution < 1.29 is 8.42 Å². The molecule has 1 aromatic carbocycles. The largest absolute Gasteiger partial charge is 0.326 e. The van der Waals surface area contributed by atoms with Crippen LogP contribution >= 0.6 is 27.3 Å². The molecule has 0 bridgehead atoms. The number of halogens is 1. The molecule has 2 rings (SSSR count). The minimum atomic E-state index is -3.55. The van der Waals surface area contributed by atoms with Gasteiger partial charge in [-0.25, -0.2) is 13.1 Å². The minimum absolute atomic E-state index is 0.221. The van der Waals surface area contributed by atoms with Gasteiger partial charge >= 0.3 is 0 Å². The van der Waals surface area contributed by atoms with E-state index >= 15 is 0 Å². The van der Waals surface area contributed by atoms with Gasteiger partial charge in [-0.2, -0.15) is 0 Å². The van der Waals surface area contributed by atoms with Crippen LogP contribution in [0.25, 0.3) is 0 Å². The van der Waals surface area contributed by atoms with Crippen molar-refractivity contribution in [2.75, 3.05) is 0 Å². The fourth-order valence-electron chi connectivity index (χ4n) is 1.86. The molecule has 0 aliphatic carbocycles. The average Bonchev–Trinajstić information content (AvgIpc) is 2.87. The normalized spacial score (nSPS) is 13.3. The predicted octanol–water partition coefficient (Wildman–Crippen LogP) is 3.01. The van der Waals surface area contributed by atoms with E-state index in [4.69, 9.17) is 5.73 Å². The first-order chi connectivity index (χ1) is 9.44. The van der Waals surface area contributed by atoms with Crippen LogP contribution in [0.5, 0.6) is 0 Å². The Labute approximate surface area is 131 Å². The maximum absolute atomic E-state index is 12.4. The Morgan fingerprint density at radius 3 is 2.80 bits per heavy atom. The lowest BCUT2D eigenvalue weighted by Gasteiger charge is -2.15. The lowest BCUT2D eigenvalue weighted by Crippen LogP contribution is -2.27. The fourth-order valence-corrected chi connectivity index (χ4v) is 4.84. The van der Waals surface area contributed by atoms with E-state index < -0.39 is 10.0 Å². The van der Waals surface area contributed by atoms with Crippen molar-refractivity contribution in [1.29, 1.82) is 0 Å². The molecule has 1 atom stereocenters. The molecular weight excluding hydrogens is 360 g/mol. The molecule has 1 aromatic heterocycles. The zero-order chi connectivity index (χ0) is 14.8. The van der Waals surface area contributed by atoms with Crippen molar-refractivity contribution >= 4 is 37.3 Å². The van der Waals surface area contributed by atoms with Crippen LogP contribution in [0.4, 0.5) is 0 Å². The first-order valence-corrected chi connectivity index (χ1v) is 9.14. The summed E-state index contributed by atoms with van der Waals surface area (Å²) < 4.78 is 28.3. The van der Waals surface area contributed by atoms with Crippen LogP contribution in [0.1, 0.15) is 23.4 Å². The molecule has 4 nitrogen and oxygen atoms in total. The van der Waals surface area contributed by atoms with Crippen molar-refractivity contribution in [3.05, 3.63) is 50.6 Å². The summed E-state index contributed by atoms with van der Waals surface area (Å²) in [7, 11) is -3.55. The van der Waals surface area contributed by atoms with E-state index in [9.17, 15) is 8.42 Å². The number of rotatable bonds is 5. The van der Waals surface area contributed by atoms with E-state index in [1.807, 2.05) is 31.2 Å². The summed E-state index contributed by atoms with van der Waals surface area (Å²) in [5.74, 6) is 0. The van der Waals surface area contributed by atoms with Crippen molar-refractivity contribution in [2.45, 2.75) is 24.4 Å². The Hall–Kier alpha value is -0.730. The predicted molar refractivity (Wildman–Crippen MR) is 85.1 cm³/mol. The third-order valence-electron chi connectivity index (χ3n) is 2.86. The molecule has 0 aliphatic heterocycles. The van der Waals surface area contributed by atoms with Crippen molar-refractivity contribution in [3.8, 4) is 0 Å². The number of nitrogens with two attached hydrogens (primary N) is 1. The molecule has 2 aromatic rings. The third kappa shape index (κ3) is 3.48. The van der Waals surface area contributed by atoms with E-state index in [2.05, 4.69) is 20.7 Å². The number of sulfonamides is 1. The van der Waals surface area contributed by atoms with Crippen LogP contribution in [0.3, 0.4) is 0 Å². The fraction of sp³-hybridized carbons (Fsp3) is 0.231. The standard InChI is InChI=1S/C13H15BrN2O2S2/c1-9(10-3-2-4-11(14)7-10)16-20(17,18)13-5-6-19-12(13)8-15/h2-7,9,16H,8,15H2,1H3. The Morgan fingerprint density at radius 2 is 2.15 bits per heavy atom. The second kappa shape index (κ2) is 6.36. The van der Waals surface area contributed by atoms with Gasteiger partial charge in [0.2, 0.25) is 10.0 Å². The SMILES string of the molecule is CC(NS(=O)(=O)c1ccsc1CN)c1cccc(Br)c1. The van der Waals surface area contributed by atoms with E-state index in [0.717, 1.165) is 10.0 Å². The Morgan fingerprint density at radius 1 is 1.40 bits per heavy atom. The van der Waals surface area contributed by atoms with Crippen LogP contribution in [0, 0.1) is 0 Å². The third-order valence-corrected chi connectivity index (χ3v) is 6.05. The second-order valence-electron chi connectivity index (χ2n) is 4.31. The highest BCUT2D eigenvalue weighted by molar-refractivity contribution is 9.10. The van der Waals surface area contributed by atoms with Gasteiger partial charge in [-0.3, -0.25) is 0 Å². The van der Waals surface area contributed by atoms with Gasteiger partial charge in [-0.05, 0) is 36.1 Å². The van der Waals surface area contributed by atoms with Gasteiger partial charge in [0.05, 0.1) is 4.90 Å². The number of thiophene rings is 1. The molecule has 0 saturated heterocycles. The quantitative estimate of drug-likeness (QED) is 0.844. The van der Waals surface area contributed by atoms with Gasteiger partial charge in [0, 0.05) is 21.9 Å². The van der Waals surface area contributed by atoms with Gasteiger partial charge in [-0.15, -0.1) is 11.3 Å². The van der Waals surface area contributed by atoms with Crippen LogP contribution < -0.4 is 10.5 Å². The van der Waals surface area contributed by atoms with Gasteiger partial charge in [0.1, 0.15) is 0 Å². The first kappa shape index (κ1) is 15.7. The molecule has 0 spiro atoms. The zero-order valence-electron chi connectivity index (χ0n) is 10.8. The Bertz CT molecular complexity index is 698. The lowest BCUT2D eigenvalue weighted by molar-refractivity contribution is 0.566. The molecule has 1 heterocycles. The highest BCUT2D eigenvalue weighted by atomic mass is 79.9. The van der Waals surface area contributed by atoms with Crippen LogP contribution in [0.2, 0.25) is 0 Å². The monoisotopic (exact) mass is 374 g/mol. The molecule has 0 amide bonds. The summed E-state index contributed by atoms with van der Waals surface area (Å²) in [6, 6.07) is 8.82. The number of benzene rings is 1. The van der Waals surface area contributed by atoms with E-state index in [0.29, 0.717) is 4.88 Å². The summed E-state index contributed by atoms with van der Waals surface area (Å²) in [4.78, 5) is 0.936. The first-order valence-electron chi connectivity index (χ1n) is 5.98. The molecule has 0 radical (unpaired) electrons. The van der Waals surface area contributed by atoms with Crippen molar-refractivity contribution in [1.82, 2.24) is 4.72 Å². The topological polar surface area (TPSA) is 72.2 Å². The highest BCUT2D eigenvalue weighted by Gasteiger charge is 2.22. The molecular formula is C13H15BrN2O2S2. The van der Waals surface area contributed by atoms with Gasteiger partial charge in [0.25, 0.3) is 0 Å². The van der Waals surface area contributed by atoms with E-state index in [-0.39, 0.29) is 17.5 Å². The maximum atomic E-state index is 12.4. The van der Waals surface area contributed by atoms with Crippen LogP contribution in [-0.2, 0) is 16.6 Å².